The van der Waals surface area contributed by atoms with Gasteiger partial charge >= 0.3 is 0 Å². The Morgan fingerprint density at radius 1 is 0.241 bits per heavy atom. The van der Waals surface area contributed by atoms with E-state index in [0.29, 0.717) is 0 Å². The van der Waals surface area contributed by atoms with Gasteiger partial charge in [-0.25, -0.2) is 0 Å². The second-order valence-electron chi connectivity index (χ2n) is 15.9. The summed E-state index contributed by atoms with van der Waals surface area (Å²) in [6.07, 6.45) is 0. The molecule has 0 fully saturated rings. The molecule has 0 aromatic heterocycles. The summed E-state index contributed by atoms with van der Waals surface area (Å²) in [7, 11) is 0. The lowest BCUT2D eigenvalue weighted by Crippen LogP contribution is -2.03. The van der Waals surface area contributed by atoms with Crippen LogP contribution in [0.5, 0.6) is 0 Å². The Morgan fingerprint density at radius 2 is 0.517 bits per heavy atom. The van der Waals surface area contributed by atoms with Crippen molar-refractivity contribution >= 4 is 54.5 Å². The first kappa shape index (κ1) is 35.3. The largest absolute Gasteiger partial charge is 0.398 e. The Morgan fingerprint density at radius 3 is 0.879 bits per heavy atom. The lowest BCUT2D eigenvalue weighted by molar-refractivity contribution is 1.45. The predicted molar refractivity (Wildman–Crippen MR) is 251 cm³/mol. The van der Waals surface area contributed by atoms with Crippen molar-refractivity contribution in [2.45, 2.75) is 27.7 Å². The molecule has 0 amide bonds. The van der Waals surface area contributed by atoms with Crippen LogP contribution in [-0.2, 0) is 0 Å². The molecule has 10 rings (SSSR count). The van der Waals surface area contributed by atoms with E-state index >= 15 is 0 Å². The third kappa shape index (κ3) is 5.56. The van der Waals surface area contributed by atoms with E-state index in [4.69, 9.17) is 11.5 Å². The van der Waals surface area contributed by atoms with E-state index < -0.39 is 0 Å². The van der Waals surface area contributed by atoms with E-state index in [1.807, 2.05) is 0 Å². The highest BCUT2D eigenvalue weighted by molar-refractivity contribution is 6.35. The van der Waals surface area contributed by atoms with Crippen molar-refractivity contribution in [3.05, 3.63) is 192 Å². The summed E-state index contributed by atoms with van der Waals surface area (Å²) < 4.78 is 0. The molecule has 0 spiro atoms. The summed E-state index contributed by atoms with van der Waals surface area (Å²) in [4.78, 5) is 0. The maximum atomic E-state index is 7.75. The normalized spacial score (nSPS) is 11.6. The molecule has 0 radical (unpaired) electrons. The molecular formula is C56H44N2. The van der Waals surface area contributed by atoms with Crippen molar-refractivity contribution in [1.82, 2.24) is 0 Å². The standard InChI is InChI=1S/C56H44N2/c1-33-17-25-37(26-18-33)47-48(38-27-19-34(2)20-28-38)50(40-31-23-36(4)24-32-40)54-53(49(47)39-29-21-35(3)22-30-39)52(43-13-7-10-16-46(43)56(54)58)51-41-11-5-8-14-44(41)55(57)45-15-9-6-12-42(45)51/h5-32H,57-58H2,1-4H3. The number of hydrogen-bond acceptors (Lipinski definition) is 2. The Hall–Kier alpha value is -7.16. The lowest BCUT2D eigenvalue weighted by Gasteiger charge is -2.28. The summed E-state index contributed by atoms with van der Waals surface area (Å²) in [6.45, 7) is 8.62. The van der Waals surface area contributed by atoms with Crippen molar-refractivity contribution in [2.75, 3.05) is 11.5 Å². The zero-order valence-electron chi connectivity index (χ0n) is 33.3. The van der Waals surface area contributed by atoms with Gasteiger partial charge in [-0.05, 0) is 93.9 Å². The van der Waals surface area contributed by atoms with Crippen LogP contribution in [0, 0.1) is 27.7 Å². The molecule has 0 saturated heterocycles. The van der Waals surface area contributed by atoms with Crippen LogP contribution in [0.15, 0.2) is 170 Å². The molecule has 0 saturated carbocycles. The molecule has 10 aromatic carbocycles. The molecule has 0 aliphatic heterocycles. The molecule has 10 aromatic rings. The minimum Gasteiger partial charge on any atom is -0.398 e. The predicted octanol–water partition coefficient (Wildman–Crippen LogP) is 15.0. The average molecular weight is 745 g/mol. The zero-order chi connectivity index (χ0) is 39.7. The van der Waals surface area contributed by atoms with E-state index in [2.05, 4.69) is 198 Å². The molecule has 0 bridgehead atoms. The fourth-order valence-corrected chi connectivity index (χ4v) is 9.20. The van der Waals surface area contributed by atoms with E-state index in [0.717, 1.165) is 105 Å². The highest BCUT2D eigenvalue weighted by Gasteiger charge is 2.30. The average Bonchev–Trinajstić information content (AvgIpc) is 3.25. The monoisotopic (exact) mass is 744 g/mol. The molecular weight excluding hydrogens is 701 g/mol. The number of nitrogens with two attached hydrogens (primary N) is 2. The van der Waals surface area contributed by atoms with Crippen LogP contribution in [0.1, 0.15) is 22.3 Å². The van der Waals surface area contributed by atoms with Crippen molar-refractivity contribution in [2.24, 2.45) is 0 Å². The van der Waals surface area contributed by atoms with Gasteiger partial charge < -0.3 is 11.5 Å². The maximum absolute atomic E-state index is 7.75. The third-order valence-corrected chi connectivity index (χ3v) is 12.1. The van der Waals surface area contributed by atoms with Crippen LogP contribution in [-0.4, -0.2) is 0 Å². The number of fused-ring (bicyclic) bond motifs is 4. The van der Waals surface area contributed by atoms with Gasteiger partial charge in [0.15, 0.2) is 0 Å². The second kappa shape index (κ2) is 13.8. The molecule has 0 aliphatic carbocycles. The number of nitrogen functional groups attached to an aromatic ring is 2. The Kier molecular flexibility index (Phi) is 8.39. The van der Waals surface area contributed by atoms with Crippen molar-refractivity contribution in [3.8, 4) is 55.6 Å². The summed E-state index contributed by atoms with van der Waals surface area (Å²) in [5.41, 5.74) is 32.7. The summed E-state index contributed by atoms with van der Waals surface area (Å²) in [6, 6.07) is 62.1. The maximum Gasteiger partial charge on any atom is 0.0480 e. The van der Waals surface area contributed by atoms with Crippen molar-refractivity contribution in [1.29, 1.82) is 0 Å². The topological polar surface area (TPSA) is 52.0 Å². The number of aryl methyl sites for hydroxylation is 4. The van der Waals surface area contributed by atoms with Gasteiger partial charge in [0.25, 0.3) is 0 Å². The van der Waals surface area contributed by atoms with Gasteiger partial charge in [0.05, 0.1) is 0 Å². The summed E-state index contributed by atoms with van der Waals surface area (Å²) >= 11 is 0. The van der Waals surface area contributed by atoms with Gasteiger partial charge in [-0.2, -0.15) is 0 Å². The quantitative estimate of drug-likeness (QED) is 0.136. The molecule has 0 aliphatic rings. The number of benzene rings is 10. The van der Waals surface area contributed by atoms with E-state index in [1.54, 1.807) is 0 Å². The highest BCUT2D eigenvalue weighted by atomic mass is 14.6. The van der Waals surface area contributed by atoms with Gasteiger partial charge in [0.2, 0.25) is 0 Å². The fourth-order valence-electron chi connectivity index (χ4n) is 9.20. The summed E-state index contributed by atoms with van der Waals surface area (Å²) in [5.74, 6) is 0. The minimum atomic E-state index is 0.770. The molecule has 2 nitrogen and oxygen atoms in total. The van der Waals surface area contributed by atoms with Crippen molar-refractivity contribution in [3.63, 3.8) is 0 Å². The van der Waals surface area contributed by atoms with Crippen LogP contribution in [0.25, 0.3) is 98.7 Å². The number of rotatable bonds is 5. The summed E-state index contributed by atoms with van der Waals surface area (Å²) in [5, 5.41) is 8.60. The zero-order valence-corrected chi connectivity index (χ0v) is 33.3. The fraction of sp³-hybridized carbons (Fsp3) is 0.0714. The van der Waals surface area contributed by atoms with E-state index in [9.17, 15) is 0 Å². The Balaban J connectivity index is 1.60. The van der Waals surface area contributed by atoms with Crippen molar-refractivity contribution < 1.29 is 0 Å². The second-order valence-corrected chi connectivity index (χ2v) is 15.9. The first-order valence-corrected chi connectivity index (χ1v) is 20.1. The molecule has 58 heavy (non-hydrogen) atoms. The Labute approximate surface area is 340 Å². The van der Waals surface area contributed by atoms with Gasteiger partial charge in [-0.15, -0.1) is 0 Å². The molecule has 4 N–H and O–H groups in total. The minimum absolute atomic E-state index is 0.770. The molecule has 0 unspecified atom stereocenters. The molecule has 0 atom stereocenters. The van der Waals surface area contributed by atoms with Gasteiger partial charge in [-0.1, -0.05) is 192 Å². The Bertz CT molecular complexity index is 3170. The number of anilines is 2. The molecule has 2 heteroatoms. The van der Waals surface area contributed by atoms with Crippen LogP contribution >= 0.6 is 0 Å². The highest BCUT2D eigenvalue weighted by Crippen LogP contribution is 2.57. The van der Waals surface area contributed by atoms with Gasteiger partial charge in [0.1, 0.15) is 0 Å². The van der Waals surface area contributed by atoms with E-state index in [-0.39, 0.29) is 0 Å². The first-order valence-electron chi connectivity index (χ1n) is 20.1. The molecule has 0 heterocycles. The van der Waals surface area contributed by atoms with E-state index in [1.165, 1.54) is 27.8 Å². The first-order chi connectivity index (χ1) is 28.3. The SMILES string of the molecule is Cc1ccc(-c2c(-c3ccc(C)cc3)c(-c3ccc(C)cc3)c3c(-c4c5ccccc5c(N)c5ccccc45)c4ccccc4c(N)c3c2-c2ccc(C)cc2)cc1. The van der Waals surface area contributed by atoms with Gasteiger partial charge in [-0.3, -0.25) is 0 Å². The third-order valence-electron chi connectivity index (χ3n) is 12.1. The van der Waals surface area contributed by atoms with Crippen LogP contribution < -0.4 is 11.5 Å². The smallest absolute Gasteiger partial charge is 0.0480 e. The van der Waals surface area contributed by atoms with Crippen LogP contribution in [0.4, 0.5) is 11.4 Å². The number of hydrogen-bond donors (Lipinski definition) is 2. The lowest BCUT2D eigenvalue weighted by atomic mass is 9.74. The van der Waals surface area contributed by atoms with Crippen LogP contribution in [0.3, 0.4) is 0 Å². The van der Waals surface area contributed by atoms with Crippen LogP contribution in [0.2, 0.25) is 0 Å². The van der Waals surface area contributed by atoms with Gasteiger partial charge in [0, 0.05) is 43.9 Å². The molecule has 278 valence electrons.